The summed E-state index contributed by atoms with van der Waals surface area (Å²) in [5.74, 6) is 1.00. The van der Waals surface area contributed by atoms with Crippen molar-refractivity contribution in [1.82, 2.24) is 9.55 Å². The second-order valence-electron chi connectivity index (χ2n) is 6.11. The number of imidazole rings is 1. The third kappa shape index (κ3) is 2.39. The first-order chi connectivity index (χ1) is 9.51. The van der Waals surface area contributed by atoms with Crippen molar-refractivity contribution >= 4 is 38.6 Å². The monoisotopic (exact) mass is 354 g/mol. The molecule has 0 bridgehead atoms. The van der Waals surface area contributed by atoms with E-state index in [4.69, 9.17) is 16.6 Å². The molecule has 1 heterocycles. The Labute approximate surface area is 133 Å². The summed E-state index contributed by atoms with van der Waals surface area (Å²) in [4.78, 5) is 4.78. The minimum absolute atomic E-state index is 0.0695. The van der Waals surface area contributed by atoms with E-state index in [1.165, 1.54) is 37.6 Å². The maximum absolute atomic E-state index is 6.41. The molecule has 1 aliphatic carbocycles. The van der Waals surface area contributed by atoms with E-state index < -0.39 is 0 Å². The van der Waals surface area contributed by atoms with Crippen LogP contribution in [-0.4, -0.2) is 9.55 Å². The Morgan fingerprint density at radius 2 is 2.00 bits per heavy atom. The first-order valence-electron chi connectivity index (χ1n) is 7.34. The summed E-state index contributed by atoms with van der Waals surface area (Å²) in [5.41, 5.74) is 2.39. The number of aromatic nitrogens is 2. The van der Waals surface area contributed by atoms with Gasteiger partial charge in [0.05, 0.1) is 16.4 Å². The summed E-state index contributed by atoms with van der Waals surface area (Å²) in [6, 6.07) is 6.29. The Bertz CT molecular complexity index is 627. The lowest BCUT2D eigenvalue weighted by molar-refractivity contribution is 0.219. The molecule has 1 aromatic heterocycles. The molecule has 1 aromatic carbocycles. The van der Waals surface area contributed by atoms with Gasteiger partial charge in [-0.25, -0.2) is 4.98 Å². The van der Waals surface area contributed by atoms with Crippen LogP contribution < -0.4 is 0 Å². The molecule has 1 atom stereocenters. The molecule has 0 spiro atoms. The lowest BCUT2D eigenvalue weighted by Crippen LogP contribution is -2.34. The summed E-state index contributed by atoms with van der Waals surface area (Å²) in [7, 11) is 0. The highest BCUT2D eigenvalue weighted by Crippen LogP contribution is 2.40. The molecule has 2 nitrogen and oxygen atoms in total. The Hall–Kier alpha value is -0.540. The number of alkyl halides is 1. The standard InChI is InChI=1S/C16H20BrClN2/c1-11(18)15-19-13-7-6-12(17)10-14(13)20(15)16(2)8-4-3-5-9-16/h6-7,10-11H,3-5,8-9H2,1-2H3. The third-order valence-corrected chi connectivity index (χ3v) is 5.16. The van der Waals surface area contributed by atoms with Crippen LogP contribution in [0.2, 0.25) is 0 Å². The summed E-state index contributed by atoms with van der Waals surface area (Å²) in [6.45, 7) is 4.37. The fourth-order valence-electron chi connectivity index (χ4n) is 3.44. The second kappa shape index (κ2) is 5.34. The number of halogens is 2. The quantitative estimate of drug-likeness (QED) is 0.624. The Morgan fingerprint density at radius 3 is 2.65 bits per heavy atom. The predicted octanol–water partition coefficient (Wildman–Crippen LogP) is 5.78. The molecule has 20 heavy (non-hydrogen) atoms. The van der Waals surface area contributed by atoms with Gasteiger partial charge >= 0.3 is 0 Å². The minimum Gasteiger partial charge on any atom is -0.321 e. The van der Waals surface area contributed by atoms with Crippen molar-refractivity contribution in [3.63, 3.8) is 0 Å². The van der Waals surface area contributed by atoms with Gasteiger partial charge in [0.25, 0.3) is 0 Å². The molecule has 0 radical (unpaired) electrons. The Balaban J connectivity index is 2.25. The fraction of sp³-hybridized carbons (Fsp3) is 0.562. The molecule has 0 aliphatic heterocycles. The molecule has 2 aromatic rings. The van der Waals surface area contributed by atoms with Crippen LogP contribution in [0.5, 0.6) is 0 Å². The zero-order chi connectivity index (χ0) is 14.3. The van der Waals surface area contributed by atoms with Gasteiger partial charge in [0.2, 0.25) is 0 Å². The first-order valence-corrected chi connectivity index (χ1v) is 8.57. The van der Waals surface area contributed by atoms with Crippen LogP contribution in [0.15, 0.2) is 22.7 Å². The van der Waals surface area contributed by atoms with E-state index >= 15 is 0 Å². The van der Waals surface area contributed by atoms with E-state index in [1.54, 1.807) is 0 Å². The molecule has 1 saturated carbocycles. The highest BCUT2D eigenvalue weighted by molar-refractivity contribution is 9.10. The number of hydrogen-bond acceptors (Lipinski definition) is 1. The van der Waals surface area contributed by atoms with Crippen molar-refractivity contribution in [3.05, 3.63) is 28.5 Å². The van der Waals surface area contributed by atoms with E-state index in [-0.39, 0.29) is 10.9 Å². The average Bonchev–Trinajstić information content (AvgIpc) is 2.79. The maximum Gasteiger partial charge on any atom is 0.128 e. The SMILES string of the molecule is CC(Cl)c1nc2ccc(Br)cc2n1C1(C)CCCCC1. The maximum atomic E-state index is 6.41. The predicted molar refractivity (Wildman–Crippen MR) is 88.4 cm³/mol. The summed E-state index contributed by atoms with van der Waals surface area (Å²) >= 11 is 9.99. The largest absolute Gasteiger partial charge is 0.321 e. The lowest BCUT2D eigenvalue weighted by atomic mass is 9.82. The summed E-state index contributed by atoms with van der Waals surface area (Å²) in [6.07, 6.45) is 6.35. The molecule has 108 valence electrons. The van der Waals surface area contributed by atoms with Gasteiger partial charge in [0.15, 0.2) is 0 Å². The van der Waals surface area contributed by atoms with Crippen LogP contribution >= 0.6 is 27.5 Å². The van der Waals surface area contributed by atoms with Crippen LogP contribution in [0.3, 0.4) is 0 Å². The van der Waals surface area contributed by atoms with Gasteiger partial charge in [-0.3, -0.25) is 0 Å². The molecule has 1 fully saturated rings. The van der Waals surface area contributed by atoms with E-state index in [0.29, 0.717) is 0 Å². The molecule has 1 unspecified atom stereocenters. The number of nitrogens with zero attached hydrogens (tertiary/aromatic N) is 2. The smallest absolute Gasteiger partial charge is 0.128 e. The third-order valence-electron chi connectivity index (χ3n) is 4.47. The second-order valence-corrected chi connectivity index (χ2v) is 7.68. The molecular weight excluding hydrogens is 336 g/mol. The zero-order valence-electron chi connectivity index (χ0n) is 12.0. The number of rotatable bonds is 2. The number of fused-ring (bicyclic) bond motifs is 1. The van der Waals surface area contributed by atoms with Crippen LogP contribution in [0.4, 0.5) is 0 Å². The van der Waals surface area contributed by atoms with Gasteiger partial charge in [0.1, 0.15) is 5.82 Å². The average molecular weight is 356 g/mol. The van der Waals surface area contributed by atoms with Crippen LogP contribution in [0.1, 0.15) is 57.2 Å². The van der Waals surface area contributed by atoms with Crippen molar-refractivity contribution in [2.45, 2.75) is 56.9 Å². The molecule has 1 aliphatic rings. The topological polar surface area (TPSA) is 17.8 Å². The van der Waals surface area contributed by atoms with Crippen molar-refractivity contribution in [2.75, 3.05) is 0 Å². The van der Waals surface area contributed by atoms with Crippen molar-refractivity contribution in [1.29, 1.82) is 0 Å². The Kier molecular flexibility index (Phi) is 3.85. The molecule has 0 amide bonds. The number of benzene rings is 1. The lowest BCUT2D eigenvalue weighted by Gasteiger charge is -2.37. The fourth-order valence-corrected chi connectivity index (χ4v) is 3.93. The van der Waals surface area contributed by atoms with E-state index in [0.717, 1.165) is 15.8 Å². The van der Waals surface area contributed by atoms with Crippen LogP contribution in [-0.2, 0) is 5.54 Å². The minimum atomic E-state index is -0.0695. The van der Waals surface area contributed by atoms with Crippen LogP contribution in [0.25, 0.3) is 11.0 Å². The normalized spacial score (nSPS) is 20.2. The van der Waals surface area contributed by atoms with E-state index in [9.17, 15) is 0 Å². The van der Waals surface area contributed by atoms with Gasteiger partial charge < -0.3 is 4.57 Å². The van der Waals surface area contributed by atoms with Gasteiger partial charge in [0, 0.05) is 10.0 Å². The van der Waals surface area contributed by atoms with Crippen molar-refractivity contribution in [3.8, 4) is 0 Å². The molecule has 0 N–H and O–H groups in total. The summed E-state index contributed by atoms with van der Waals surface area (Å²) < 4.78 is 3.50. The molecule has 4 heteroatoms. The van der Waals surface area contributed by atoms with Gasteiger partial charge in [-0.2, -0.15) is 0 Å². The van der Waals surface area contributed by atoms with Gasteiger partial charge in [-0.1, -0.05) is 35.2 Å². The summed E-state index contributed by atoms with van der Waals surface area (Å²) in [5, 5.41) is -0.0695. The van der Waals surface area contributed by atoms with E-state index in [1.807, 2.05) is 13.0 Å². The van der Waals surface area contributed by atoms with Gasteiger partial charge in [-0.05, 0) is 44.9 Å². The van der Waals surface area contributed by atoms with Gasteiger partial charge in [-0.15, -0.1) is 11.6 Å². The van der Waals surface area contributed by atoms with E-state index in [2.05, 4.69) is 39.6 Å². The number of hydrogen-bond donors (Lipinski definition) is 0. The Morgan fingerprint density at radius 1 is 1.30 bits per heavy atom. The molecular formula is C16H20BrClN2. The highest BCUT2D eigenvalue weighted by atomic mass is 79.9. The van der Waals surface area contributed by atoms with Crippen molar-refractivity contribution in [2.24, 2.45) is 0 Å². The highest BCUT2D eigenvalue weighted by Gasteiger charge is 2.33. The molecule has 3 rings (SSSR count). The molecule has 0 saturated heterocycles. The zero-order valence-corrected chi connectivity index (χ0v) is 14.3. The van der Waals surface area contributed by atoms with Crippen LogP contribution in [0, 0.1) is 0 Å². The first kappa shape index (κ1) is 14.4. The van der Waals surface area contributed by atoms with Crippen molar-refractivity contribution < 1.29 is 0 Å².